The van der Waals surface area contributed by atoms with Crippen LogP contribution in [-0.2, 0) is 24.1 Å². The minimum atomic E-state index is -1.20. The molecule has 1 fully saturated rings. The summed E-state index contributed by atoms with van der Waals surface area (Å²) in [6, 6.07) is 3.84. The third kappa shape index (κ3) is 4.62. The van der Waals surface area contributed by atoms with E-state index in [1.54, 1.807) is 13.3 Å². The number of methoxy groups -OCH3 is 1. The van der Waals surface area contributed by atoms with Crippen LogP contribution in [0.15, 0.2) is 29.0 Å². The zero-order chi connectivity index (χ0) is 20.2. The van der Waals surface area contributed by atoms with Gasteiger partial charge in [0.2, 0.25) is 0 Å². The van der Waals surface area contributed by atoms with Crippen molar-refractivity contribution < 1.29 is 13.5 Å². The van der Waals surface area contributed by atoms with Crippen molar-refractivity contribution in [1.29, 1.82) is 0 Å². The molecule has 1 atom stereocenters. The Hall–Kier alpha value is -2.39. The van der Waals surface area contributed by atoms with Gasteiger partial charge >= 0.3 is 0 Å². The quantitative estimate of drug-likeness (QED) is 0.583. The van der Waals surface area contributed by atoms with E-state index in [2.05, 4.69) is 15.0 Å². The molecule has 29 heavy (non-hydrogen) atoms. The van der Waals surface area contributed by atoms with E-state index in [1.165, 1.54) is 19.3 Å². The van der Waals surface area contributed by atoms with Gasteiger partial charge in [-0.05, 0) is 36.5 Å². The van der Waals surface area contributed by atoms with E-state index in [-0.39, 0.29) is 0 Å². The molecule has 0 amide bonds. The van der Waals surface area contributed by atoms with E-state index < -0.39 is 11.0 Å². The Morgan fingerprint density at radius 3 is 2.86 bits per heavy atom. The van der Waals surface area contributed by atoms with Gasteiger partial charge in [0.15, 0.2) is 11.4 Å². The number of fused-ring (bicyclic) bond motifs is 1. The maximum Gasteiger partial charge on any atom is 0.192 e. The number of nitrogens with two attached hydrogens (primary N) is 1. The van der Waals surface area contributed by atoms with Gasteiger partial charge in [-0.3, -0.25) is 9.40 Å². The fourth-order valence-corrected chi connectivity index (χ4v) is 5.11. The van der Waals surface area contributed by atoms with Gasteiger partial charge in [0.25, 0.3) is 0 Å². The van der Waals surface area contributed by atoms with Crippen LogP contribution in [0.5, 0.6) is 5.75 Å². The Balaban J connectivity index is 1.52. The van der Waals surface area contributed by atoms with Gasteiger partial charge in [0.05, 0.1) is 19.9 Å². The van der Waals surface area contributed by atoms with Crippen molar-refractivity contribution in [1.82, 2.24) is 14.9 Å². The largest absolute Gasteiger partial charge is 0.496 e. The number of hydrogen-bond acceptors (Lipinski definition) is 6. The van der Waals surface area contributed by atoms with E-state index in [0.29, 0.717) is 47.3 Å². The smallest absolute Gasteiger partial charge is 0.192 e. The fraction of sp³-hybridized carbons (Fsp3) is 0.500. The van der Waals surface area contributed by atoms with Crippen molar-refractivity contribution in [2.75, 3.05) is 17.6 Å². The number of rotatable bonds is 8. The van der Waals surface area contributed by atoms with E-state index in [4.69, 9.17) is 15.0 Å². The maximum absolute atomic E-state index is 12.6. The topological polar surface area (TPSA) is 108 Å². The molecule has 3 aromatic rings. The predicted octanol–water partition coefficient (Wildman–Crippen LogP) is 3.20. The summed E-state index contributed by atoms with van der Waals surface area (Å²) in [6.07, 6.45) is 9.73. The first-order chi connectivity index (χ1) is 14.2. The molecular weight excluding hydrogens is 390 g/mol. The highest BCUT2D eigenvalue weighted by Gasteiger charge is 2.20. The van der Waals surface area contributed by atoms with Crippen LogP contribution in [0.25, 0.3) is 11.0 Å². The van der Waals surface area contributed by atoms with Gasteiger partial charge < -0.3 is 15.0 Å². The second-order valence-corrected chi connectivity index (χ2v) is 8.80. The molecule has 1 aliphatic carbocycles. The maximum atomic E-state index is 12.6. The molecule has 156 valence electrons. The van der Waals surface area contributed by atoms with Crippen LogP contribution in [0.2, 0.25) is 0 Å². The third-order valence-corrected chi connectivity index (χ3v) is 6.60. The molecule has 1 saturated carbocycles. The van der Waals surface area contributed by atoms with Crippen LogP contribution < -0.4 is 15.2 Å². The van der Waals surface area contributed by atoms with Gasteiger partial charge in [0, 0.05) is 24.1 Å². The number of benzene rings is 1. The summed E-state index contributed by atoms with van der Waals surface area (Å²) in [5.74, 6) is 2.23. The predicted molar refractivity (Wildman–Crippen MR) is 113 cm³/mol. The van der Waals surface area contributed by atoms with Crippen molar-refractivity contribution in [2.24, 2.45) is 11.7 Å². The van der Waals surface area contributed by atoms with Crippen molar-refractivity contribution in [3.05, 3.63) is 35.7 Å². The molecule has 1 aliphatic rings. The Labute approximate surface area is 172 Å². The molecule has 0 bridgehead atoms. The standard InChI is InChI=1S/C20H27N5O3S/c1-27-17-7-15(11-25-12-16(9-21)10-22-25)8-18-19(17)20(23-28-18)24-29(26)13-14-5-3-2-4-6-14/h7-8,10,12,14H,2-6,9,11,13,21H2,1H3,(H,23,24). The van der Waals surface area contributed by atoms with Crippen molar-refractivity contribution >= 4 is 27.8 Å². The summed E-state index contributed by atoms with van der Waals surface area (Å²) in [5.41, 5.74) is 8.18. The molecule has 0 aliphatic heterocycles. The average molecular weight is 418 g/mol. The zero-order valence-electron chi connectivity index (χ0n) is 16.6. The number of anilines is 1. The highest BCUT2D eigenvalue weighted by Crippen LogP contribution is 2.34. The van der Waals surface area contributed by atoms with E-state index in [9.17, 15) is 4.21 Å². The highest BCUT2D eigenvalue weighted by molar-refractivity contribution is 7.86. The van der Waals surface area contributed by atoms with E-state index in [0.717, 1.165) is 24.0 Å². The molecule has 1 aromatic carbocycles. The van der Waals surface area contributed by atoms with Gasteiger partial charge in [-0.15, -0.1) is 0 Å². The zero-order valence-corrected chi connectivity index (χ0v) is 17.4. The SMILES string of the molecule is COc1cc(Cn2cc(CN)cn2)cc2onc(NS(=O)CC3CCCCC3)c12. The summed E-state index contributed by atoms with van der Waals surface area (Å²) in [6.45, 7) is 1.01. The van der Waals surface area contributed by atoms with Crippen LogP contribution in [0, 0.1) is 5.92 Å². The summed E-state index contributed by atoms with van der Waals surface area (Å²) in [4.78, 5) is 0. The molecule has 4 rings (SSSR count). The molecule has 0 saturated heterocycles. The summed E-state index contributed by atoms with van der Waals surface area (Å²) in [5, 5.41) is 9.12. The molecular formula is C20H27N5O3S. The number of aromatic nitrogens is 3. The second-order valence-electron chi connectivity index (χ2n) is 7.57. The number of hydrogen-bond donors (Lipinski definition) is 2. The monoisotopic (exact) mass is 417 g/mol. The van der Waals surface area contributed by atoms with Gasteiger partial charge in [-0.2, -0.15) is 5.10 Å². The summed E-state index contributed by atoms with van der Waals surface area (Å²) >= 11 is 0. The molecule has 0 radical (unpaired) electrons. The van der Waals surface area contributed by atoms with Crippen LogP contribution >= 0.6 is 0 Å². The molecule has 2 heterocycles. The summed E-state index contributed by atoms with van der Waals surface area (Å²) < 4.78 is 28.5. The normalized spacial score (nSPS) is 16.2. The first-order valence-corrected chi connectivity index (χ1v) is 11.3. The molecule has 9 heteroatoms. The number of nitrogens with zero attached hydrogens (tertiary/aromatic N) is 3. The number of nitrogens with one attached hydrogen (secondary N) is 1. The lowest BCUT2D eigenvalue weighted by Gasteiger charge is -2.20. The van der Waals surface area contributed by atoms with Gasteiger partial charge in [-0.1, -0.05) is 24.4 Å². The Morgan fingerprint density at radius 2 is 2.14 bits per heavy atom. The third-order valence-electron chi connectivity index (χ3n) is 5.41. The fourth-order valence-electron chi connectivity index (χ4n) is 3.91. The average Bonchev–Trinajstić information content (AvgIpc) is 3.35. The van der Waals surface area contributed by atoms with Gasteiger partial charge in [0.1, 0.15) is 22.1 Å². The Kier molecular flexibility index (Phi) is 6.15. The second kappa shape index (κ2) is 8.96. The van der Waals surface area contributed by atoms with Crippen LogP contribution in [0.4, 0.5) is 5.82 Å². The molecule has 1 unspecified atom stereocenters. The lowest BCUT2D eigenvalue weighted by Crippen LogP contribution is -2.19. The van der Waals surface area contributed by atoms with Crippen LogP contribution in [0.3, 0.4) is 0 Å². The Bertz CT molecular complexity index is 993. The molecule has 2 aromatic heterocycles. The first-order valence-electron chi connectivity index (χ1n) is 9.99. The van der Waals surface area contributed by atoms with Crippen molar-refractivity contribution in [3.8, 4) is 5.75 Å². The molecule has 3 N–H and O–H groups in total. The van der Waals surface area contributed by atoms with E-state index >= 15 is 0 Å². The highest BCUT2D eigenvalue weighted by atomic mass is 32.2. The van der Waals surface area contributed by atoms with Crippen molar-refractivity contribution in [3.63, 3.8) is 0 Å². The Morgan fingerprint density at radius 1 is 1.31 bits per heavy atom. The first kappa shape index (κ1) is 19.9. The van der Waals surface area contributed by atoms with Crippen LogP contribution in [0.1, 0.15) is 43.2 Å². The molecule has 8 nitrogen and oxygen atoms in total. The minimum Gasteiger partial charge on any atom is -0.496 e. The lowest BCUT2D eigenvalue weighted by atomic mass is 9.91. The minimum absolute atomic E-state index is 0.456. The van der Waals surface area contributed by atoms with Crippen molar-refractivity contribution in [2.45, 2.75) is 45.2 Å². The number of ether oxygens (including phenoxy) is 1. The van der Waals surface area contributed by atoms with Gasteiger partial charge in [-0.25, -0.2) is 4.21 Å². The van der Waals surface area contributed by atoms with Crippen LogP contribution in [-0.4, -0.2) is 32.0 Å². The van der Waals surface area contributed by atoms with E-state index in [1.807, 2.05) is 23.0 Å². The lowest BCUT2D eigenvalue weighted by molar-refractivity contribution is 0.389. The summed E-state index contributed by atoms with van der Waals surface area (Å²) in [7, 11) is 0.403. The molecule has 0 spiro atoms.